The van der Waals surface area contributed by atoms with Gasteiger partial charge < -0.3 is 20.7 Å². The van der Waals surface area contributed by atoms with Crippen molar-refractivity contribution in [2.24, 2.45) is 10.9 Å². The summed E-state index contributed by atoms with van der Waals surface area (Å²) in [5.41, 5.74) is 1.66. The number of aliphatic imine (C=N–C) groups is 1. The van der Waals surface area contributed by atoms with Gasteiger partial charge in [0, 0.05) is 20.0 Å². The van der Waals surface area contributed by atoms with Gasteiger partial charge in [0.05, 0.1) is 19.3 Å². The van der Waals surface area contributed by atoms with Crippen LogP contribution >= 0.6 is 24.0 Å². The molecule has 0 radical (unpaired) electrons. The zero-order valence-corrected chi connectivity index (χ0v) is 17.4. The van der Waals surface area contributed by atoms with Crippen LogP contribution in [0.4, 0.5) is 5.69 Å². The molecule has 0 bridgehead atoms. The Balaban J connectivity index is 0.00000529. The average Bonchev–Trinajstić information content (AvgIpc) is 2.49. The van der Waals surface area contributed by atoms with Crippen LogP contribution in [0.25, 0.3) is 0 Å². The van der Waals surface area contributed by atoms with Gasteiger partial charge in [-0.2, -0.15) is 0 Å². The molecule has 1 rings (SSSR count). The van der Waals surface area contributed by atoms with Crippen molar-refractivity contribution in [3.8, 4) is 5.75 Å². The molecule has 1 amide bonds. The molecule has 0 aliphatic carbocycles. The highest BCUT2D eigenvalue weighted by molar-refractivity contribution is 14.0. The second-order valence-corrected chi connectivity index (χ2v) is 5.69. The van der Waals surface area contributed by atoms with E-state index in [-0.39, 0.29) is 29.9 Å². The molecule has 0 unspecified atom stereocenters. The number of amides is 1. The Morgan fingerprint density at radius 2 is 2.00 bits per heavy atom. The van der Waals surface area contributed by atoms with Crippen LogP contribution in [-0.4, -0.2) is 32.1 Å². The van der Waals surface area contributed by atoms with Gasteiger partial charge in [-0.1, -0.05) is 19.9 Å². The predicted octanol–water partition coefficient (Wildman–Crippen LogP) is 2.98. The summed E-state index contributed by atoms with van der Waals surface area (Å²) >= 11 is 0. The number of ether oxygens (including phenoxy) is 1. The Labute approximate surface area is 161 Å². The van der Waals surface area contributed by atoms with E-state index in [2.05, 4.69) is 34.8 Å². The summed E-state index contributed by atoms with van der Waals surface area (Å²) in [5, 5.41) is 9.30. The molecular formula is C17H29IN4O2. The Hall–Kier alpha value is -1.51. The van der Waals surface area contributed by atoms with Gasteiger partial charge in [0.1, 0.15) is 5.75 Å². The van der Waals surface area contributed by atoms with E-state index in [1.54, 1.807) is 7.11 Å². The number of carbonyl (C=O) groups is 1. The lowest BCUT2D eigenvalue weighted by Crippen LogP contribution is -2.39. The molecule has 0 spiro atoms. The highest BCUT2D eigenvalue weighted by Gasteiger charge is 2.06. The maximum Gasteiger partial charge on any atom is 0.221 e. The van der Waals surface area contributed by atoms with E-state index in [9.17, 15) is 4.79 Å². The average molecular weight is 448 g/mol. The summed E-state index contributed by atoms with van der Waals surface area (Å²) in [6.07, 6.45) is 0. The molecule has 7 heteroatoms. The van der Waals surface area contributed by atoms with E-state index in [0.29, 0.717) is 23.9 Å². The van der Waals surface area contributed by atoms with Crippen molar-refractivity contribution in [2.45, 2.75) is 34.2 Å². The van der Waals surface area contributed by atoms with Crippen LogP contribution in [0.15, 0.2) is 23.2 Å². The zero-order valence-electron chi connectivity index (χ0n) is 15.1. The van der Waals surface area contributed by atoms with Crippen molar-refractivity contribution < 1.29 is 9.53 Å². The van der Waals surface area contributed by atoms with Gasteiger partial charge >= 0.3 is 0 Å². The third-order valence-electron chi connectivity index (χ3n) is 3.02. The largest absolute Gasteiger partial charge is 0.495 e. The van der Waals surface area contributed by atoms with Crippen LogP contribution in [0, 0.1) is 5.92 Å². The number of nitrogens with one attached hydrogen (secondary N) is 3. The molecule has 24 heavy (non-hydrogen) atoms. The third kappa shape index (κ3) is 8.37. The molecule has 0 aliphatic rings. The van der Waals surface area contributed by atoms with E-state index >= 15 is 0 Å². The van der Waals surface area contributed by atoms with Crippen LogP contribution in [0.2, 0.25) is 0 Å². The minimum absolute atomic E-state index is 0. The van der Waals surface area contributed by atoms with Crippen LogP contribution in [-0.2, 0) is 11.3 Å². The molecule has 0 aliphatic heterocycles. The van der Waals surface area contributed by atoms with Crippen LogP contribution < -0.4 is 20.7 Å². The van der Waals surface area contributed by atoms with Gasteiger partial charge in [-0.3, -0.25) is 4.79 Å². The molecule has 1 aromatic rings. The molecule has 136 valence electrons. The second kappa shape index (κ2) is 11.9. The van der Waals surface area contributed by atoms with Gasteiger partial charge in [0.25, 0.3) is 0 Å². The summed E-state index contributed by atoms with van der Waals surface area (Å²) in [6, 6.07) is 5.67. The number of rotatable bonds is 7. The summed E-state index contributed by atoms with van der Waals surface area (Å²) in [7, 11) is 1.58. The molecule has 1 aromatic carbocycles. The molecular weight excluding hydrogens is 419 g/mol. The molecule has 0 saturated carbocycles. The first kappa shape index (κ1) is 22.5. The van der Waals surface area contributed by atoms with E-state index in [1.165, 1.54) is 6.92 Å². The maximum absolute atomic E-state index is 11.3. The van der Waals surface area contributed by atoms with E-state index in [4.69, 9.17) is 4.74 Å². The first-order chi connectivity index (χ1) is 11.0. The predicted molar refractivity (Wildman–Crippen MR) is 110 cm³/mol. The lowest BCUT2D eigenvalue weighted by atomic mass is 10.2. The number of carbonyl (C=O) groups excluding carboxylic acids is 1. The minimum atomic E-state index is -0.129. The van der Waals surface area contributed by atoms with Gasteiger partial charge in [0.2, 0.25) is 5.91 Å². The molecule has 3 N–H and O–H groups in total. The lowest BCUT2D eigenvalue weighted by Gasteiger charge is -2.13. The van der Waals surface area contributed by atoms with Crippen molar-refractivity contribution >= 4 is 41.5 Å². The number of hydrogen-bond donors (Lipinski definition) is 3. The molecule has 0 saturated heterocycles. The number of anilines is 1. The van der Waals surface area contributed by atoms with Crippen molar-refractivity contribution in [1.29, 1.82) is 0 Å². The monoisotopic (exact) mass is 448 g/mol. The highest BCUT2D eigenvalue weighted by Crippen LogP contribution is 2.25. The van der Waals surface area contributed by atoms with E-state index < -0.39 is 0 Å². The van der Waals surface area contributed by atoms with Gasteiger partial charge in [0.15, 0.2) is 5.96 Å². The van der Waals surface area contributed by atoms with Crippen LogP contribution in [0.3, 0.4) is 0 Å². The highest BCUT2D eigenvalue weighted by atomic mass is 127. The smallest absolute Gasteiger partial charge is 0.221 e. The topological polar surface area (TPSA) is 74.8 Å². The maximum atomic E-state index is 11.3. The summed E-state index contributed by atoms with van der Waals surface area (Å²) in [5.74, 6) is 1.85. The SMILES string of the molecule is CCNC(=NCc1ccc(OC)c(NC(C)=O)c1)NCC(C)C.I. The number of hydrogen-bond acceptors (Lipinski definition) is 3. The fourth-order valence-electron chi connectivity index (χ4n) is 1.95. The van der Waals surface area contributed by atoms with Crippen molar-refractivity contribution in [3.63, 3.8) is 0 Å². The first-order valence-electron chi connectivity index (χ1n) is 7.93. The molecule has 0 atom stereocenters. The summed E-state index contributed by atoms with van der Waals surface area (Å²) < 4.78 is 5.26. The Morgan fingerprint density at radius 1 is 1.29 bits per heavy atom. The van der Waals surface area contributed by atoms with Crippen LogP contribution in [0.1, 0.15) is 33.3 Å². The van der Waals surface area contributed by atoms with Gasteiger partial charge in [-0.15, -0.1) is 24.0 Å². The van der Waals surface area contributed by atoms with E-state index in [1.807, 2.05) is 25.1 Å². The number of methoxy groups -OCH3 is 1. The zero-order chi connectivity index (χ0) is 17.2. The minimum Gasteiger partial charge on any atom is -0.495 e. The number of benzene rings is 1. The normalized spacial score (nSPS) is 10.8. The Bertz CT molecular complexity index is 547. The lowest BCUT2D eigenvalue weighted by molar-refractivity contribution is -0.114. The van der Waals surface area contributed by atoms with Gasteiger partial charge in [-0.05, 0) is 30.5 Å². The van der Waals surface area contributed by atoms with Crippen molar-refractivity contribution in [3.05, 3.63) is 23.8 Å². The molecule has 0 aromatic heterocycles. The molecule has 6 nitrogen and oxygen atoms in total. The third-order valence-corrected chi connectivity index (χ3v) is 3.02. The second-order valence-electron chi connectivity index (χ2n) is 5.69. The van der Waals surface area contributed by atoms with Crippen molar-refractivity contribution in [2.75, 3.05) is 25.5 Å². The van der Waals surface area contributed by atoms with Gasteiger partial charge in [-0.25, -0.2) is 4.99 Å². The van der Waals surface area contributed by atoms with Crippen LogP contribution in [0.5, 0.6) is 5.75 Å². The number of halogens is 1. The molecule has 0 heterocycles. The Kier molecular flexibility index (Phi) is 11.2. The van der Waals surface area contributed by atoms with Crippen molar-refractivity contribution in [1.82, 2.24) is 10.6 Å². The fraction of sp³-hybridized carbons (Fsp3) is 0.529. The number of nitrogens with zero attached hydrogens (tertiary/aromatic N) is 1. The molecule has 0 fully saturated rings. The number of guanidine groups is 1. The fourth-order valence-corrected chi connectivity index (χ4v) is 1.95. The summed E-state index contributed by atoms with van der Waals surface area (Å²) in [4.78, 5) is 15.9. The standard InChI is InChI=1S/C17H28N4O2.HI/c1-6-18-17(19-10-12(2)3)20-11-14-7-8-16(23-5)15(9-14)21-13(4)22;/h7-9,12H,6,10-11H2,1-5H3,(H,21,22)(H2,18,19,20);1H. The Morgan fingerprint density at radius 3 is 2.54 bits per heavy atom. The first-order valence-corrected chi connectivity index (χ1v) is 7.93. The quantitative estimate of drug-likeness (QED) is 0.341. The summed E-state index contributed by atoms with van der Waals surface area (Å²) in [6.45, 7) is 10.0. The van der Waals surface area contributed by atoms with E-state index in [0.717, 1.165) is 24.6 Å².